The number of carbonyl (C=O) groups excluding carboxylic acids is 1. The lowest BCUT2D eigenvalue weighted by atomic mass is 10.3. The van der Waals surface area contributed by atoms with Crippen LogP contribution in [0.3, 0.4) is 0 Å². The molecule has 1 amide bonds. The van der Waals surface area contributed by atoms with E-state index in [1.54, 1.807) is 31.2 Å². The van der Waals surface area contributed by atoms with E-state index in [0.717, 1.165) is 4.31 Å². The van der Waals surface area contributed by atoms with Crippen molar-refractivity contribution < 1.29 is 17.9 Å². The van der Waals surface area contributed by atoms with Gasteiger partial charge in [0.2, 0.25) is 15.9 Å². The Morgan fingerprint density at radius 1 is 1.16 bits per heavy atom. The van der Waals surface area contributed by atoms with E-state index in [2.05, 4.69) is 5.32 Å². The van der Waals surface area contributed by atoms with E-state index < -0.39 is 15.9 Å². The van der Waals surface area contributed by atoms with Crippen molar-refractivity contribution in [1.29, 1.82) is 0 Å². The van der Waals surface area contributed by atoms with Gasteiger partial charge in [0.15, 0.2) is 0 Å². The van der Waals surface area contributed by atoms with Gasteiger partial charge >= 0.3 is 0 Å². The SMILES string of the molecule is CCN(CC(=O)Nc1ccccc1OC)S(=O)(=O)c1ccc(Cl)cc1. The van der Waals surface area contributed by atoms with Crippen molar-refractivity contribution >= 4 is 33.2 Å². The zero-order valence-electron chi connectivity index (χ0n) is 13.9. The van der Waals surface area contributed by atoms with E-state index in [1.807, 2.05) is 0 Å². The Morgan fingerprint density at radius 3 is 2.40 bits per heavy atom. The summed E-state index contributed by atoms with van der Waals surface area (Å²) in [6.07, 6.45) is 0. The van der Waals surface area contributed by atoms with Crippen LogP contribution in [-0.4, -0.2) is 38.8 Å². The molecule has 6 nitrogen and oxygen atoms in total. The summed E-state index contributed by atoms with van der Waals surface area (Å²) in [5, 5.41) is 3.11. The van der Waals surface area contributed by atoms with Gasteiger partial charge in [0, 0.05) is 11.6 Å². The summed E-state index contributed by atoms with van der Waals surface area (Å²) in [5.41, 5.74) is 0.481. The van der Waals surface area contributed by atoms with Gasteiger partial charge in [0.25, 0.3) is 0 Å². The summed E-state index contributed by atoms with van der Waals surface area (Å²) in [6, 6.07) is 12.7. The number of nitrogens with zero attached hydrogens (tertiary/aromatic N) is 1. The van der Waals surface area contributed by atoms with Crippen LogP contribution in [0.1, 0.15) is 6.92 Å². The number of benzene rings is 2. The molecule has 2 rings (SSSR count). The van der Waals surface area contributed by atoms with Crippen molar-refractivity contribution in [2.45, 2.75) is 11.8 Å². The summed E-state index contributed by atoms with van der Waals surface area (Å²) in [6.45, 7) is 1.52. The molecule has 1 N–H and O–H groups in total. The minimum Gasteiger partial charge on any atom is -0.495 e. The van der Waals surface area contributed by atoms with E-state index >= 15 is 0 Å². The highest BCUT2D eigenvalue weighted by Crippen LogP contribution is 2.23. The quantitative estimate of drug-likeness (QED) is 0.798. The van der Waals surface area contributed by atoms with E-state index in [4.69, 9.17) is 16.3 Å². The number of anilines is 1. The van der Waals surface area contributed by atoms with Crippen molar-refractivity contribution in [2.24, 2.45) is 0 Å². The second kappa shape index (κ2) is 8.33. The third kappa shape index (κ3) is 4.72. The smallest absolute Gasteiger partial charge is 0.243 e. The lowest BCUT2D eigenvalue weighted by Crippen LogP contribution is -2.37. The van der Waals surface area contributed by atoms with Gasteiger partial charge in [0.05, 0.1) is 24.2 Å². The Bertz CT molecular complexity index is 838. The average molecular weight is 383 g/mol. The average Bonchev–Trinajstić information content (AvgIpc) is 2.60. The Kier molecular flexibility index (Phi) is 6.41. The summed E-state index contributed by atoms with van der Waals surface area (Å²) in [5.74, 6) is 0.0448. The first kappa shape index (κ1) is 19.2. The van der Waals surface area contributed by atoms with Gasteiger partial charge < -0.3 is 10.1 Å². The molecule has 134 valence electrons. The minimum absolute atomic E-state index is 0.0869. The summed E-state index contributed by atoms with van der Waals surface area (Å²) in [4.78, 5) is 12.4. The van der Waals surface area contributed by atoms with Crippen LogP contribution in [0.5, 0.6) is 5.75 Å². The van der Waals surface area contributed by atoms with Crippen LogP contribution in [0.4, 0.5) is 5.69 Å². The topological polar surface area (TPSA) is 75.7 Å². The number of likely N-dealkylation sites (N-methyl/N-ethyl adjacent to an activating group) is 1. The number of hydrogen-bond donors (Lipinski definition) is 1. The minimum atomic E-state index is -3.79. The van der Waals surface area contributed by atoms with Crippen LogP contribution < -0.4 is 10.1 Å². The van der Waals surface area contributed by atoms with Gasteiger partial charge in [-0.05, 0) is 36.4 Å². The predicted molar refractivity (Wildman–Crippen MR) is 97.5 cm³/mol. The maximum absolute atomic E-state index is 12.7. The molecular weight excluding hydrogens is 364 g/mol. The molecule has 0 aliphatic carbocycles. The molecule has 0 fully saturated rings. The molecule has 0 aliphatic heterocycles. The molecule has 0 unspecified atom stereocenters. The standard InChI is InChI=1S/C17H19ClN2O4S/c1-3-20(25(22,23)14-10-8-13(18)9-11-14)12-17(21)19-15-6-4-5-7-16(15)24-2/h4-11H,3,12H2,1-2H3,(H,19,21). The number of amides is 1. The molecule has 25 heavy (non-hydrogen) atoms. The molecule has 0 radical (unpaired) electrons. The maximum Gasteiger partial charge on any atom is 0.243 e. The second-order valence-electron chi connectivity index (χ2n) is 5.13. The van der Waals surface area contributed by atoms with Crippen LogP contribution in [0.15, 0.2) is 53.4 Å². The molecule has 0 heterocycles. The van der Waals surface area contributed by atoms with Crippen LogP contribution in [0, 0.1) is 0 Å². The largest absolute Gasteiger partial charge is 0.495 e. The second-order valence-corrected chi connectivity index (χ2v) is 7.51. The Balaban J connectivity index is 2.15. The van der Waals surface area contributed by atoms with Crippen molar-refractivity contribution in [3.63, 3.8) is 0 Å². The first-order valence-electron chi connectivity index (χ1n) is 7.57. The third-order valence-electron chi connectivity index (χ3n) is 3.51. The summed E-state index contributed by atoms with van der Waals surface area (Å²) in [7, 11) is -2.29. The predicted octanol–water partition coefficient (Wildman–Crippen LogP) is 3.00. The van der Waals surface area contributed by atoms with Gasteiger partial charge in [-0.15, -0.1) is 0 Å². The van der Waals surface area contributed by atoms with Crippen LogP contribution in [-0.2, 0) is 14.8 Å². The number of hydrogen-bond acceptors (Lipinski definition) is 4. The van der Waals surface area contributed by atoms with Crippen LogP contribution in [0.2, 0.25) is 5.02 Å². The van der Waals surface area contributed by atoms with Gasteiger partial charge in [-0.3, -0.25) is 4.79 Å². The van der Waals surface area contributed by atoms with Crippen LogP contribution in [0.25, 0.3) is 0 Å². The number of rotatable bonds is 7. The lowest BCUT2D eigenvalue weighted by Gasteiger charge is -2.20. The van der Waals surface area contributed by atoms with Crippen molar-refractivity contribution in [2.75, 3.05) is 25.5 Å². The fourth-order valence-corrected chi connectivity index (χ4v) is 3.75. The monoisotopic (exact) mass is 382 g/mol. The molecule has 0 aliphatic rings. The van der Waals surface area contributed by atoms with Gasteiger partial charge in [-0.1, -0.05) is 30.7 Å². The van der Waals surface area contributed by atoms with E-state index in [0.29, 0.717) is 16.5 Å². The first-order chi connectivity index (χ1) is 11.9. The summed E-state index contributed by atoms with van der Waals surface area (Å²) >= 11 is 5.79. The molecule has 0 atom stereocenters. The van der Waals surface area contributed by atoms with E-state index in [-0.39, 0.29) is 18.0 Å². The number of nitrogens with one attached hydrogen (secondary N) is 1. The Morgan fingerprint density at radius 2 is 1.80 bits per heavy atom. The van der Waals surface area contributed by atoms with Crippen LogP contribution >= 0.6 is 11.6 Å². The van der Waals surface area contributed by atoms with Crippen molar-refractivity contribution in [3.8, 4) is 5.75 Å². The lowest BCUT2D eigenvalue weighted by molar-refractivity contribution is -0.116. The van der Waals surface area contributed by atoms with Gasteiger partial charge in [-0.25, -0.2) is 8.42 Å². The molecular formula is C17H19ClN2O4S. The normalized spacial score (nSPS) is 11.4. The number of methoxy groups -OCH3 is 1. The highest BCUT2D eigenvalue weighted by atomic mass is 35.5. The molecule has 2 aromatic carbocycles. The molecule has 0 spiro atoms. The highest BCUT2D eigenvalue weighted by Gasteiger charge is 2.25. The third-order valence-corrected chi connectivity index (χ3v) is 5.69. The maximum atomic E-state index is 12.7. The van der Waals surface area contributed by atoms with E-state index in [9.17, 15) is 13.2 Å². The molecule has 0 saturated heterocycles. The molecule has 8 heteroatoms. The number of ether oxygens (including phenoxy) is 1. The van der Waals surface area contributed by atoms with Gasteiger partial charge in [0.1, 0.15) is 5.75 Å². The molecule has 0 aromatic heterocycles. The molecule has 0 bridgehead atoms. The molecule has 0 saturated carbocycles. The Hall–Kier alpha value is -2.09. The van der Waals surface area contributed by atoms with E-state index in [1.165, 1.54) is 31.4 Å². The highest BCUT2D eigenvalue weighted by molar-refractivity contribution is 7.89. The number of halogens is 1. The van der Waals surface area contributed by atoms with Crippen molar-refractivity contribution in [3.05, 3.63) is 53.6 Å². The zero-order chi connectivity index (χ0) is 18.4. The number of para-hydroxylation sites is 2. The number of carbonyl (C=O) groups is 1. The molecule has 2 aromatic rings. The number of sulfonamides is 1. The van der Waals surface area contributed by atoms with Gasteiger partial charge in [-0.2, -0.15) is 4.31 Å². The first-order valence-corrected chi connectivity index (χ1v) is 9.39. The van der Waals surface area contributed by atoms with Crippen molar-refractivity contribution in [1.82, 2.24) is 4.31 Å². The zero-order valence-corrected chi connectivity index (χ0v) is 15.5. The summed E-state index contributed by atoms with van der Waals surface area (Å²) < 4.78 is 31.6. The Labute approximate surface area is 152 Å². The fraction of sp³-hybridized carbons (Fsp3) is 0.235. The fourth-order valence-electron chi connectivity index (χ4n) is 2.22.